The maximum atomic E-state index is 12.7. The topological polar surface area (TPSA) is 427 Å². The van der Waals surface area contributed by atoms with Crippen LogP contribution in [0.3, 0.4) is 0 Å². The molecule has 0 bridgehead atoms. The highest BCUT2D eigenvalue weighted by Crippen LogP contribution is 2.34. The van der Waals surface area contributed by atoms with Gasteiger partial charge in [-0.15, -0.1) is 35.8 Å². The maximum absolute atomic E-state index is 12.7. The van der Waals surface area contributed by atoms with E-state index < -0.39 is 98.7 Å². The fourth-order valence-electron chi connectivity index (χ4n) is 10.3. The first-order valence-electron chi connectivity index (χ1n) is 41.8. The number of benzene rings is 12. The second kappa shape index (κ2) is 64.9. The molecule has 14 aromatic rings. The number of rotatable bonds is 12. The molecule has 0 fully saturated rings. The van der Waals surface area contributed by atoms with Crippen molar-refractivity contribution in [1.29, 1.82) is 5.26 Å². The summed E-state index contributed by atoms with van der Waals surface area (Å²) < 4.78 is 131. The van der Waals surface area contributed by atoms with Crippen molar-refractivity contribution >= 4 is 133 Å². The molecule has 41 heteroatoms. The number of nitro groups is 2. The largest absolute Gasteiger partial charge is 0.573 e. The lowest BCUT2D eigenvalue weighted by Crippen LogP contribution is -2.16. The van der Waals surface area contributed by atoms with Crippen LogP contribution in [-0.4, -0.2) is 112 Å². The summed E-state index contributed by atoms with van der Waals surface area (Å²) >= 11 is 22.6. The molecule has 0 saturated heterocycles. The molecule has 0 amide bonds. The van der Waals surface area contributed by atoms with E-state index in [2.05, 4.69) is 46.6 Å². The molecular formula is C106H97BrCl3F10N3O22S2. The van der Waals surface area contributed by atoms with E-state index in [1.54, 1.807) is 139 Å². The minimum atomic E-state index is -4.63. The molecule has 25 nitrogen and oxygen atoms in total. The second-order valence-electron chi connectivity index (χ2n) is 30.3. The number of nitro benzene ring substituents is 1. The first kappa shape index (κ1) is 129. The first-order chi connectivity index (χ1) is 68.4. The lowest BCUT2D eigenvalue weighted by Gasteiger charge is -2.10. The quantitative estimate of drug-likeness (QED) is 0.0320. The Morgan fingerprint density at radius 3 is 1.10 bits per heavy atom. The Morgan fingerprint density at radius 1 is 0.361 bits per heavy atom. The third-order valence-electron chi connectivity index (χ3n) is 17.7. The van der Waals surface area contributed by atoms with E-state index in [0.29, 0.717) is 37.0 Å². The highest BCUT2D eigenvalue weighted by atomic mass is 79.9. The number of halogens is 14. The Hall–Kier alpha value is -15.7. The van der Waals surface area contributed by atoms with Crippen LogP contribution in [0.15, 0.2) is 271 Å². The number of nitrogens with zero attached hydrogens (tertiary/aromatic N) is 3. The number of thiophene rings is 2. The lowest BCUT2D eigenvalue weighted by molar-refractivity contribution is -0.385. The van der Waals surface area contributed by atoms with Gasteiger partial charge in [0.05, 0.1) is 60.9 Å². The van der Waals surface area contributed by atoms with Crippen LogP contribution in [0.4, 0.5) is 55.3 Å². The summed E-state index contributed by atoms with van der Waals surface area (Å²) in [6.45, 7) is 25.5. The molecule has 2 heterocycles. The smallest absolute Gasteiger partial charge is 0.497 e. The van der Waals surface area contributed by atoms with Crippen molar-refractivity contribution in [2.45, 2.75) is 109 Å². The van der Waals surface area contributed by atoms with Gasteiger partial charge in [0.1, 0.15) is 39.6 Å². The lowest BCUT2D eigenvalue weighted by atomic mass is 10.0. The van der Waals surface area contributed by atoms with Crippen LogP contribution in [0.1, 0.15) is 169 Å². The second-order valence-corrected chi connectivity index (χ2v) is 35.0. The van der Waals surface area contributed by atoms with Gasteiger partial charge in [0.15, 0.2) is 16.5 Å². The Bertz CT molecular complexity index is 6560. The number of carboxylic acids is 8. The van der Waals surface area contributed by atoms with Gasteiger partial charge in [0.2, 0.25) is 0 Å². The van der Waals surface area contributed by atoms with Gasteiger partial charge in [0.25, 0.3) is 11.4 Å². The Labute approximate surface area is 869 Å². The number of aromatic carboxylic acids is 8. The Morgan fingerprint density at radius 2 is 0.748 bits per heavy atom. The summed E-state index contributed by atoms with van der Waals surface area (Å²) in [6.07, 6.45) is -9.23. The van der Waals surface area contributed by atoms with Crippen LogP contribution < -0.4 is 9.47 Å². The number of carboxylic acid groups (broad SMARTS) is 8. The first-order valence-corrected chi connectivity index (χ1v) is 45.4. The van der Waals surface area contributed by atoms with Crippen molar-refractivity contribution in [2.75, 3.05) is 7.11 Å². The van der Waals surface area contributed by atoms with Gasteiger partial charge in [-0.2, -0.15) is 18.4 Å². The Kier molecular flexibility index (Phi) is 57.1. The molecule has 147 heavy (non-hydrogen) atoms. The van der Waals surface area contributed by atoms with Gasteiger partial charge in [-0.3, -0.25) is 20.2 Å². The molecule has 12 aromatic carbocycles. The van der Waals surface area contributed by atoms with Gasteiger partial charge >= 0.3 is 60.3 Å². The average Bonchev–Trinajstić information content (AvgIpc) is 1.73. The maximum Gasteiger partial charge on any atom is 0.573 e. The van der Waals surface area contributed by atoms with Crippen molar-refractivity contribution in [1.82, 2.24) is 0 Å². The summed E-state index contributed by atoms with van der Waals surface area (Å²) in [6, 6.07) is 71.4. The van der Waals surface area contributed by atoms with Crippen LogP contribution >= 0.6 is 73.4 Å². The minimum absolute atomic E-state index is 0.0584. The van der Waals surface area contributed by atoms with Gasteiger partial charge in [-0.1, -0.05) is 187 Å². The summed E-state index contributed by atoms with van der Waals surface area (Å²) in [5.74, 6) is -10.8. The van der Waals surface area contributed by atoms with E-state index in [4.69, 9.17) is 85.7 Å². The summed E-state index contributed by atoms with van der Waals surface area (Å²) in [4.78, 5) is 104. The normalized spacial score (nSPS) is 9.80. The summed E-state index contributed by atoms with van der Waals surface area (Å²) in [7, 11) is 1.67. The molecule has 14 rings (SSSR count). The van der Waals surface area contributed by atoms with Crippen molar-refractivity contribution < 1.29 is 142 Å². The number of ether oxygens (including phenoxy) is 2. The molecule has 0 aliphatic carbocycles. The molecule has 778 valence electrons. The van der Waals surface area contributed by atoms with E-state index in [-0.39, 0.29) is 60.7 Å². The van der Waals surface area contributed by atoms with Gasteiger partial charge in [-0.05, 0) is 282 Å². The number of hydrogen-bond donors (Lipinski definition) is 8. The van der Waals surface area contributed by atoms with Gasteiger partial charge in [0, 0.05) is 36.4 Å². The van der Waals surface area contributed by atoms with Crippen molar-refractivity contribution in [2.24, 2.45) is 0 Å². The van der Waals surface area contributed by atoms with Crippen LogP contribution in [0.5, 0.6) is 11.5 Å². The van der Waals surface area contributed by atoms with Crippen molar-refractivity contribution in [3.63, 3.8) is 0 Å². The van der Waals surface area contributed by atoms with E-state index in [9.17, 15) is 102 Å². The number of nitriles is 1. The zero-order valence-corrected chi connectivity index (χ0v) is 86.1. The minimum Gasteiger partial charge on any atom is -0.497 e. The van der Waals surface area contributed by atoms with E-state index in [1.807, 2.05) is 96.1 Å². The fraction of sp³-hybridized carbons (Fsp3) is 0.160. The zero-order valence-electron chi connectivity index (χ0n) is 80.6. The molecule has 8 N–H and O–H groups in total. The average molecular weight is 2210 g/mol. The van der Waals surface area contributed by atoms with Crippen LogP contribution in [0.25, 0.3) is 0 Å². The highest BCUT2D eigenvalue weighted by Gasteiger charge is 2.35. The highest BCUT2D eigenvalue weighted by molar-refractivity contribution is 9.10. The van der Waals surface area contributed by atoms with Crippen LogP contribution in [-0.2, 0) is 6.18 Å². The summed E-state index contributed by atoms with van der Waals surface area (Å²) in [5.41, 5.74) is 8.67. The SMILES string of the molecule is COc1ccc(C)cc1.Cc1cc([N+](=O)[O-])c(C(=O)O)s1.Cc1ccc(Br)cc1.Cc1ccc(C(=O)O)c(C#N)c1.Cc1ccc(C(=O)O)c(C(F)(F)F)c1.Cc1ccc(C(=O)O)c(Cl)c1.Cc1ccc(C(=O)O)c(F)c1.Cc1ccc(C(=O)O)c([N+](=O)[O-])c1.Cc1ccc(C(=O)O)cc1.Cc1ccc(C(=O)O)s1.Cc1ccc(Cl)cc1Cl.Cc1ccc(F)c(F)c1.Cc1ccc(F)cc1.Cc1ccc(OC(F)(F)F)cc1. The van der Waals surface area contributed by atoms with Crippen LogP contribution in [0, 0.1) is 152 Å². The van der Waals surface area contributed by atoms with Gasteiger partial charge in [-0.25, -0.2) is 55.9 Å². The van der Waals surface area contributed by atoms with Crippen LogP contribution in [0.2, 0.25) is 15.1 Å². The third kappa shape index (κ3) is 53.0. The van der Waals surface area contributed by atoms with E-state index >= 15 is 0 Å². The molecule has 0 unspecified atom stereocenters. The number of alkyl halides is 6. The molecule has 2 aromatic heterocycles. The molecule has 0 atom stereocenters. The standard InChI is InChI=1S/C9H7F3O2.C9H7NO2.C8H7ClO2.C8H7F3O.C8H7FO2.C8H7NO4.C8H8O2.C8H10O.C7H7Br.C7H6Cl2.C7H6F2.C7H7F.C6H5NO4S.C6H6O2S/c1-5-2-3-6(8(13)14)7(4-5)9(10,11)12;1-6-2-3-8(9(11)12)7(4-6)5-10;1-5-2-3-6(8(10)11)7(9)4-5;1-6-2-4-7(5-3-6)12-8(9,10)11;1-5-2-3-6(8(10)11)7(9)4-5;1-5-2-3-6(8(10)11)7(4-5)9(12)13;1-6-2-4-7(5-3-6)8(9)10;1-7-3-5-8(9-2)6-4-7;1-6-2-4-7(8)5-3-6;1-5-2-3-6(8)4-7(5)9;1-5-2-3-6(8)7(9)4-5;1-6-2-4-7(8)5-3-6;1-3-2-4(7(10)11)5(12-3)6(8)9;1-4-2-3-5(9-4)6(7)8/h2-4H,1H3,(H,13,14);2-4H,1H3,(H,11,12);2-4H,1H3,(H,10,11);2-5H,1H3;2-4H,1H3,(H,10,11);2-4H,1H3,(H,10,11);2-5H,1H3,(H,9,10);3-6H,1-2H3;2-5H,1H3;2*2-4H,1H3;2-5H,1H3;2H,1H3,(H,8,9);2-3H,1H3,(H,7,8). The van der Waals surface area contributed by atoms with Crippen molar-refractivity contribution in [3.05, 3.63) is 461 Å². The van der Waals surface area contributed by atoms with Gasteiger partial charge < -0.3 is 50.3 Å². The number of hydrogen-bond acceptors (Lipinski definition) is 17. The molecule has 0 spiro atoms. The monoisotopic (exact) mass is 2200 g/mol. The van der Waals surface area contributed by atoms with Crippen molar-refractivity contribution in [3.8, 4) is 17.6 Å². The third-order valence-corrected chi connectivity index (χ3v) is 21.2. The molecule has 0 aliphatic rings. The zero-order chi connectivity index (χ0) is 112. The number of carbonyl (C=O) groups is 8. The number of aryl methyl sites for hydroxylation is 14. The fourth-order valence-corrected chi connectivity index (χ4v) is 12.8. The predicted molar refractivity (Wildman–Crippen MR) is 547 cm³/mol. The number of methoxy groups -OCH3 is 1. The molecule has 0 aliphatic heterocycles. The predicted octanol–water partition coefficient (Wildman–Crippen LogP) is 30.5. The van der Waals surface area contributed by atoms with E-state index in [1.165, 1.54) is 114 Å². The van der Waals surface area contributed by atoms with E-state index in [0.717, 1.165) is 94.7 Å². The summed E-state index contributed by atoms with van der Waals surface area (Å²) in [5, 5.41) is 99.2. The molecule has 0 radical (unpaired) electrons. The molecular weight excluding hydrogens is 2110 g/mol. The molecule has 0 saturated carbocycles. The Balaban J connectivity index is 0.000000794.